The summed E-state index contributed by atoms with van der Waals surface area (Å²) in [5, 5.41) is 4.13. The van der Waals surface area contributed by atoms with Gasteiger partial charge < -0.3 is 9.47 Å². The molecule has 1 aliphatic heterocycles. The highest BCUT2D eigenvalue weighted by Crippen LogP contribution is 2.49. The van der Waals surface area contributed by atoms with Crippen molar-refractivity contribution < 1.29 is 14.3 Å². The summed E-state index contributed by atoms with van der Waals surface area (Å²) >= 11 is 0. The van der Waals surface area contributed by atoms with Crippen LogP contribution in [0.3, 0.4) is 0 Å². The molecule has 3 aromatic carbocycles. The average molecular weight is 278 g/mol. The van der Waals surface area contributed by atoms with E-state index in [2.05, 4.69) is 6.07 Å². The highest BCUT2D eigenvalue weighted by molar-refractivity contribution is 6.16. The van der Waals surface area contributed by atoms with Crippen LogP contribution >= 0.6 is 0 Å². The smallest absolute Gasteiger partial charge is 0.348 e. The summed E-state index contributed by atoms with van der Waals surface area (Å²) in [5.41, 5.74) is -0.233. The van der Waals surface area contributed by atoms with Crippen molar-refractivity contribution in [3.8, 4) is 5.75 Å². The van der Waals surface area contributed by atoms with Gasteiger partial charge in [0.2, 0.25) is 0 Å². The second kappa shape index (κ2) is 4.06. The molecule has 1 atom stereocenters. The Balaban J connectivity index is 2.29. The topological polar surface area (TPSA) is 35.5 Å². The zero-order valence-electron chi connectivity index (χ0n) is 11.8. The van der Waals surface area contributed by atoms with Crippen LogP contribution in [0.25, 0.3) is 21.5 Å². The van der Waals surface area contributed by atoms with Crippen LogP contribution in [0.5, 0.6) is 5.75 Å². The van der Waals surface area contributed by atoms with Crippen molar-refractivity contribution >= 4 is 27.5 Å². The third-order valence-corrected chi connectivity index (χ3v) is 4.35. The van der Waals surface area contributed by atoms with Gasteiger partial charge in [0.25, 0.3) is 0 Å². The molecule has 3 nitrogen and oxygen atoms in total. The van der Waals surface area contributed by atoms with Gasteiger partial charge in [-0.05, 0) is 23.1 Å². The molecule has 0 aliphatic carbocycles. The predicted octanol–water partition coefficient (Wildman–Crippen LogP) is 3.77. The fraction of sp³-hybridized carbons (Fsp3) is 0.167. The molecule has 3 heteroatoms. The first kappa shape index (κ1) is 12.4. The van der Waals surface area contributed by atoms with E-state index in [0.29, 0.717) is 5.75 Å². The van der Waals surface area contributed by atoms with E-state index in [1.165, 1.54) is 0 Å². The lowest BCUT2D eigenvalue weighted by atomic mass is 9.88. The third-order valence-electron chi connectivity index (χ3n) is 4.35. The number of fused-ring (bicyclic) bond motifs is 6. The number of hydrogen-bond donors (Lipinski definition) is 0. The molecule has 1 aliphatic rings. The summed E-state index contributed by atoms with van der Waals surface area (Å²) in [7, 11) is 1.54. The van der Waals surface area contributed by atoms with Gasteiger partial charge in [-0.1, -0.05) is 48.5 Å². The average Bonchev–Trinajstić information content (AvgIpc) is 2.80. The van der Waals surface area contributed by atoms with Crippen molar-refractivity contribution in [2.75, 3.05) is 7.11 Å². The second-order valence-corrected chi connectivity index (χ2v) is 5.42. The maximum Gasteiger partial charge on any atom is 0.348 e. The van der Waals surface area contributed by atoms with Crippen LogP contribution in [0.4, 0.5) is 0 Å². The first-order chi connectivity index (χ1) is 10.2. The number of rotatable bonds is 1. The molecular weight excluding hydrogens is 264 g/mol. The summed E-state index contributed by atoms with van der Waals surface area (Å²) in [4.78, 5) is 12.3. The molecule has 0 radical (unpaired) electrons. The number of esters is 1. The zero-order chi connectivity index (χ0) is 14.6. The van der Waals surface area contributed by atoms with Gasteiger partial charge >= 0.3 is 5.97 Å². The predicted molar refractivity (Wildman–Crippen MR) is 81.5 cm³/mol. The van der Waals surface area contributed by atoms with Crippen molar-refractivity contribution in [2.24, 2.45) is 0 Å². The van der Waals surface area contributed by atoms with Crippen LogP contribution in [0, 0.1) is 0 Å². The molecular formula is C18H14O3. The summed E-state index contributed by atoms with van der Waals surface area (Å²) < 4.78 is 11.1. The van der Waals surface area contributed by atoms with Crippen molar-refractivity contribution in [3.05, 3.63) is 54.1 Å². The van der Waals surface area contributed by atoms with E-state index in [4.69, 9.17) is 9.47 Å². The second-order valence-electron chi connectivity index (χ2n) is 5.42. The Kier molecular flexibility index (Phi) is 2.39. The highest BCUT2D eigenvalue weighted by Gasteiger charge is 2.47. The van der Waals surface area contributed by atoms with Crippen molar-refractivity contribution in [1.29, 1.82) is 0 Å². The monoisotopic (exact) mass is 278 g/mol. The fourth-order valence-corrected chi connectivity index (χ4v) is 3.17. The Bertz CT molecular complexity index is 897. The largest absolute Gasteiger partial charge is 0.423 e. The van der Waals surface area contributed by atoms with Crippen LogP contribution in [0.15, 0.2) is 48.5 Å². The summed E-state index contributed by atoms with van der Waals surface area (Å²) in [6, 6.07) is 16.0. The van der Waals surface area contributed by atoms with Gasteiger partial charge in [-0.15, -0.1) is 0 Å². The van der Waals surface area contributed by atoms with Gasteiger partial charge in [0.1, 0.15) is 5.75 Å². The van der Waals surface area contributed by atoms with E-state index in [-0.39, 0.29) is 5.97 Å². The molecule has 0 fully saturated rings. The van der Waals surface area contributed by atoms with Gasteiger partial charge in [-0.25, -0.2) is 4.79 Å². The summed E-state index contributed by atoms with van der Waals surface area (Å²) in [6.07, 6.45) is 0. The van der Waals surface area contributed by atoms with Crippen LogP contribution in [-0.2, 0) is 15.1 Å². The van der Waals surface area contributed by atoms with Crippen molar-refractivity contribution in [1.82, 2.24) is 0 Å². The Hall–Kier alpha value is -2.39. The number of benzene rings is 3. The molecule has 0 spiro atoms. The molecule has 0 N–H and O–H groups in total. The first-order valence-corrected chi connectivity index (χ1v) is 6.88. The summed E-state index contributed by atoms with van der Waals surface area (Å²) in [5.74, 6) is 0.264. The van der Waals surface area contributed by atoms with Crippen LogP contribution < -0.4 is 4.74 Å². The lowest BCUT2D eigenvalue weighted by molar-refractivity contribution is -0.153. The van der Waals surface area contributed by atoms with Crippen LogP contribution in [0.2, 0.25) is 0 Å². The molecule has 0 amide bonds. The molecule has 0 aromatic heterocycles. The van der Waals surface area contributed by atoms with Crippen LogP contribution in [-0.4, -0.2) is 13.1 Å². The minimum atomic E-state index is -1.06. The van der Waals surface area contributed by atoms with E-state index < -0.39 is 5.60 Å². The number of carbonyl (C=O) groups excluding carboxylic acids is 1. The molecule has 0 bridgehead atoms. The van der Waals surface area contributed by atoms with Crippen molar-refractivity contribution in [3.63, 3.8) is 0 Å². The minimum Gasteiger partial charge on any atom is -0.423 e. The molecule has 0 saturated carbocycles. The van der Waals surface area contributed by atoms with E-state index in [9.17, 15) is 4.79 Å². The number of hydrogen-bond acceptors (Lipinski definition) is 3. The first-order valence-electron chi connectivity index (χ1n) is 6.88. The van der Waals surface area contributed by atoms with Gasteiger partial charge in [-0.3, -0.25) is 0 Å². The molecule has 21 heavy (non-hydrogen) atoms. The Morgan fingerprint density at radius 3 is 2.05 bits per heavy atom. The number of methoxy groups -OCH3 is 1. The molecule has 1 unspecified atom stereocenters. The SMILES string of the molecule is COC1(C)C(=O)Oc2c1c1ccccc1c1ccccc21. The van der Waals surface area contributed by atoms with Gasteiger partial charge in [-0.2, -0.15) is 0 Å². The Morgan fingerprint density at radius 1 is 0.905 bits per heavy atom. The lowest BCUT2D eigenvalue weighted by Gasteiger charge is -2.20. The quantitative estimate of drug-likeness (QED) is 0.386. The fourth-order valence-electron chi connectivity index (χ4n) is 3.17. The van der Waals surface area contributed by atoms with E-state index >= 15 is 0 Å². The molecule has 1 heterocycles. The molecule has 4 rings (SSSR count). The summed E-state index contributed by atoms with van der Waals surface area (Å²) in [6.45, 7) is 1.77. The lowest BCUT2D eigenvalue weighted by Crippen LogP contribution is -2.32. The maximum atomic E-state index is 12.3. The molecule has 3 aromatic rings. The van der Waals surface area contributed by atoms with E-state index in [0.717, 1.165) is 27.1 Å². The van der Waals surface area contributed by atoms with E-state index in [1.807, 2.05) is 42.5 Å². The van der Waals surface area contributed by atoms with Crippen LogP contribution in [0.1, 0.15) is 12.5 Å². The highest BCUT2D eigenvalue weighted by atomic mass is 16.6. The van der Waals surface area contributed by atoms with Gasteiger partial charge in [0.05, 0.1) is 0 Å². The normalized spacial score (nSPS) is 20.8. The third kappa shape index (κ3) is 1.44. The number of ether oxygens (including phenoxy) is 2. The molecule has 0 saturated heterocycles. The Morgan fingerprint density at radius 2 is 1.43 bits per heavy atom. The number of carbonyl (C=O) groups is 1. The van der Waals surface area contributed by atoms with Gasteiger partial charge in [0.15, 0.2) is 5.60 Å². The minimum absolute atomic E-state index is 0.360. The zero-order valence-corrected chi connectivity index (χ0v) is 11.8. The Labute approximate surface area is 122 Å². The van der Waals surface area contributed by atoms with E-state index in [1.54, 1.807) is 14.0 Å². The van der Waals surface area contributed by atoms with Crippen molar-refractivity contribution in [2.45, 2.75) is 12.5 Å². The standard InChI is InChI=1S/C18H14O3/c1-18(20-2)15-13-9-5-3-7-11(13)12-8-4-6-10-14(12)16(15)21-17(18)19/h3-10H,1-2H3. The molecule has 104 valence electrons. The maximum absolute atomic E-state index is 12.3. The van der Waals surface area contributed by atoms with Gasteiger partial charge in [0, 0.05) is 18.1 Å².